The molecule has 1 saturated carbocycles. The summed E-state index contributed by atoms with van der Waals surface area (Å²) >= 11 is 0. The van der Waals surface area contributed by atoms with Crippen molar-refractivity contribution < 1.29 is 13.6 Å². The smallest absolute Gasteiger partial charge is 0.259 e. The van der Waals surface area contributed by atoms with Gasteiger partial charge in [0.1, 0.15) is 12.5 Å². The van der Waals surface area contributed by atoms with E-state index in [9.17, 15) is 13.6 Å². The van der Waals surface area contributed by atoms with E-state index in [1.807, 2.05) is 0 Å². The lowest BCUT2D eigenvalue weighted by Gasteiger charge is -2.22. The molecule has 1 atom stereocenters. The number of carbonyl (C=O) groups excluding carboxylic acids is 1. The summed E-state index contributed by atoms with van der Waals surface area (Å²) in [4.78, 5) is 12.5. The molecule has 0 aromatic heterocycles. The van der Waals surface area contributed by atoms with Crippen LogP contribution in [0.5, 0.6) is 0 Å². The van der Waals surface area contributed by atoms with E-state index in [2.05, 4.69) is 0 Å². The zero-order chi connectivity index (χ0) is 10.8. The first kappa shape index (κ1) is 10.9. The number of hydrogen-bond donors (Lipinski definition) is 0. The number of carbonyl (C=O) groups is 1. The molecule has 1 aliphatic carbocycles. The second-order valence-corrected chi connectivity index (χ2v) is 3.56. The van der Waals surface area contributed by atoms with Gasteiger partial charge in [0.15, 0.2) is 0 Å². The molecule has 0 N–H and O–H groups in total. The Bertz CT molecular complexity index is 272. The van der Waals surface area contributed by atoms with E-state index in [1.54, 1.807) is 6.07 Å². The Morgan fingerprint density at radius 2 is 2.36 bits per heavy atom. The van der Waals surface area contributed by atoms with Crippen molar-refractivity contribution >= 4 is 5.91 Å². The molecule has 0 radical (unpaired) electrons. The molecule has 0 aliphatic heterocycles. The summed E-state index contributed by atoms with van der Waals surface area (Å²) in [6.07, 6.45) is 0.384. The zero-order valence-electron chi connectivity index (χ0n) is 7.96. The topological polar surface area (TPSA) is 44.1 Å². The predicted octanol–water partition coefficient (Wildman–Crippen LogP) is 1.40. The third-order valence-electron chi connectivity index (χ3n) is 2.49. The van der Waals surface area contributed by atoms with Gasteiger partial charge in [0.2, 0.25) is 5.91 Å². The lowest BCUT2D eigenvalue weighted by molar-refractivity contribution is -0.144. The SMILES string of the molecule is CN(CC#N)C(=O)C1CCCC1(F)F. The summed E-state index contributed by atoms with van der Waals surface area (Å²) in [7, 11) is 1.37. The lowest BCUT2D eigenvalue weighted by Crippen LogP contribution is -2.39. The number of hydrogen-bond acceptors (Lipinski definition) is 2. The Labute approximate surface area is 81.3 Å². The van der Waals surface area contributed by atoms with Crippen LogP contribution in [-0.2, 0) is 4.79 Å². The first-order valence-corrected chi connectivity index (χ1v) is 4.49. The quantitative estimate of drug-likeness (QED) is 0.635. The average Bonchev–Trinajstić information content (AvgIpc) is 2.44. The number of rotatable bonds is 2. The molecule has 0 bridgehead atoms. The standard InChI is InChI=1S/C9H12F2N2O/c1-13(6-5-12)8(14)7-3-2-4-9(7,10)11/h7H,2-4,6H2,1H3. The third kappa shape index (κ3) is 2.00. The summed E-state index contributed by atoms with van der Waals surface area (Å²) < 4.78 is 26.3. The first-order chi connectivity index (χ1) is 6.49. The summed E-state index contributed by atoms with van der Waals surface area (Å²) in [6, 6.07) is 1.76. The van der Waals surface area contributed by atoms with E-state index in [4.69, 9.17) is 5.26 Å². The third-order valence-corrected chi connectivity index (χ3v) is 2.49. The molecule has 0 aromatic carbocycles. The predicted molar refractivity (Wildman–Crippen MR) is 45.5 cm³/mol. The fraction of sp³-hybridized carbons (Fsp3) is 0.778. The minimum atomic E-state index is -2.89. The molecule has 1 amide bonds. The van der Waals surface area contributed by atoms with Crippen molar-refractivity contribution in [1.29, 1.82) is 5.26 Å². The van der Waals surface area contributed by atoms with E-state index in [0.29, 0.717) is 6.42 Å². The molecule has 1 aliphatic rings. The molecule has 1 fully saturated rings. The molecule has 3 nitrogen and oxygen atoms in total. The van der Waals surface area contributed by atoms with E-state index in [-0.39, 0.29) is 19.4 Å². The van der Waals surface area contributed by atoms with Crippen molar-refractivity contribution in [3.8, 4) is 6.07 Å². The summed E-state index contributed by atoms with van der Waals surface area (Å²) in [5.74, 6) is -4.73. The Balaban J connectivity index is 2.66. The second kappa shape index (κ2) is 3.91. The molecular formula is C9H12F2N2O. The van der Waals surface area contributed by atoms with Crippen LogP contribution in [0.2, 0.25) is 0 Å². The van der Waals surface area contributed by atoms with Gasteiger partial charge in [-0.2, -0.15) is 5.26 Å². The van der Waals surface area contributed by atoms with Crippen molar-refractivity contribution in [3.05, 3.63) is 0 Å². The lowest BCUT2D eigenvalue weighted by atomic mass is 10.0. The highest BCUT2D eigenvalue weighted by molar-refractivity contribution is 5.80. The minimum absolute atomic E-state index is 0.134. The van der Waals surface area contributed by atoms with Crippen LogP contribution in [-0.4, -0.2) is 30.3 Å². The molecule has 0 saturated heterocycles. The maximum atomic E-state index is 13.1. The number of alkyl halides is 2. The summed E-state index contributed by atoms with van der Waals surface area (Å²) in [6.45, 7) is -0.134. The highest BCUT2D eigenvalue weighted by atomic mass is 19.3. The molecule has 0 aromatic rings. The van der Waals surface area contributed by atoms with Gasteiger partial charge in [-0.3, -0.25) is 4.79 Å². The summed E-state index contributed by atoms with van der Waals surface area (Å²) in [5, 5.41) is 8.33. The summed E-state index contributed by atoms with van der Waals surface area (Å²) in [5.41, 5.74) is 0. The van der Waals surface area contributed by atoms with Crippen molar-refractivity contribution in [3.63, 3.8) is 0 Å². The first-order valence-electron chi connectivity index (χ1n) is 4.49. The van der Waals surface area contributed by atoms with Crippen LogP contribution in [0.15, 0.2) is 0 Å². The molecule has 5 heteroatoms. The molecule has 78 valence electrons. The molecule has 1 unspecified atom stereocenters. The van der Waals surface area contributed by atoms with Gasteiger partial charge < -0.3 is 4.90 Å². The van der Waals surface area contributed by atoms with Gasteiger partial charge in [-0.05, 0) is 12.8 Å². The average molecular weight is 202 g/mol. The van der Waals surface area contributed by atoms with Crippen molar-refractivity contribution in [1.82, 2.24) is 4.90 Å². The van der Waals surface area contributed by atoms with Crippen LogP contribution >= 0.6 is 0 Å². The normalized spacial score (nSPS) is 24.3. The van der Waals surface area contributed by atoms with Gasteiger partial charge in [-0.1, -0.05) is 0 Å². The maximum Gasteiger partial charge on any atom is 0.259 e. The van der Waals surface area contributed by atoms with Crippen LogP contribution in [0.1, 0.15) is 19.3 Å². The highest BCUT2D eigenvalue weighted by Crippen LogP contribution is 2.41. The molecule has 14 heavy (non-hydrogen) atoms. The van der Waals surface area contributed by atoms with E-state index < -0.39 is 17.7 Å². The van der Waals surface area contributed by atoms with Crippen LogP contribution in [0.3, 0.4) is 0 Å². The van der Waals surface area contributed by atoms with Crippen molar-refractivity contribution in [2.75, 3.05) is 13.6 Å². The largest absolute Gasteiger partial charge is 0.332 e. The highest BCUT2D eigenvalue weighted by Gasteiger charge is 2.48. The second-order valence-electron chi connectivity index (χ2n) is 3.56. The van der Waals surface area contributed by atoms with Crippen molar-refractivity contribution in [2.45, 2.75) is 25.2 Å². The molecular weight excluding hydrogens is 190 g/mol. The number of halogens is 2. The number of nitrogens with zero attached hydrogens (tertiary/aromatic N) is 2. The van der Waals surface area contributed by atoms with Gasteiger partial charge in [-0.25, -0.2) is 8.78 Å². The van der Waals surface area contributed by atoms with Gasteiger partial charge in [0, 0.05) is 13.5 Å². The monoisotopic (exact) mass is 202 g/mol. The molecule has 1 rings (SSSR count). The Kier molecular flexibility index (Phi) is 3.04. The van der Waals surface area contributed by atoms with Crippen LogP contribution in [0.25, 0.3) is 0 Å². The number of amides is 1. The van der Waals surface area contributed by atoms with Gasteiger partial charge in [0.05, 0.1) is 6.07 Å². The van der Waals surface area contributed by atoms with Crippen LogP contribution < -0.4 is 0 Å². The minimum Gasteiger partial charge on any atom is -0.332 e. The van der Waals surface area contributed by atoms with Gasteiger partial charge in [0.25, 0.3) is 5.92 Å². The molecule has 0 spiro atoms. The van der Waals surface area contributed by atoms with E-state index in [1.165, 1.54) is 7.05 Å². The number of nitriles is 1. The Morgan fingerprint density at radius 3 is 2.79 bits per heavy atom. The molecule has 0 heterocycles. The van der Waals surface area contributed by atoms with Crippen LogP contribution in [0.4, 0.5) is 8.78 Å². The fourth-order valence-corrected chi connectivity index (χ4v) is 1.68. The van der Waals surface area contributed by atoms with E-state index >= 15 is 0 Å². The van der Waals surface area contributed by atoms with Crippen molar-refractivity contribution in [2.24, 2.45) is 5.92 Å². The maximum absolute atomic E-state index is 13.1. The van der Waals surface area contributed by atoms with E-state index in [0.717, 1.165) is 4.90 Å². The fourth-order valence-electron chi connectivity index (χ4n) is 1.68. The van der Waals surface area contributed by atoms with Gasteiger partial charge in [-0.15, -0.1) is 0 Å². The zero-order valence-corrected chi connectivity index (χ0v) is 7.96. The van der Waals surface area contributed by atoms with Crippen LogP contribution in [0, 0.1) is 17.2 Å². The van der Waals surface area contributed by atoms with Gasteiger partial charge >= 0.3 is 0 Å². The Hall–Kier alpha value is -1.18. The Morgan fingerprint density at radius 1 is 1.71 bits per heavy atom.